The molecule has 0 N–H and O–H groups in total. The number of benzene rings is 4. The van der Waals surface area contributed by atoms with Crippen molar-refractivity contribution in [3.8, 4) is 11.5 Å². The van der Waals surface area contributed by atoms with E-state index in [1.165, 1.54) is 28.0 Å². The Morgan fingerprint density at radius 2 is 1.70 bits per heavy atom. The molecule has 10 nitrogen and oxygen atoms in total. The van der Waals surface area contributed by atoms with E-state index in [4.69, 9.17) is 19.2 Å². The Bertz CT molecular complexity index is 2220. The molecule has 0 amide bonds. The molecular weight excluding hydrogens is 618 g/mol. The highest BCUT2D eigenvalue weighted by atomic mass is 32.1. The minimum Gasteiger partial charge on any atom is -0.494 e. The molecular formula is C36H31N3O7S. The summed E-state index contributed by atoms with van der Waals surface area (Å²) in [6, 6.07) is 24.3. The van der Waals surface area contributed by atoms with E-state index in [9.17, 15) is 19.7 Å². The normalized spacial score (nSPS) is 14.4. The zero-order chi connectivity index (χ0) is 33.1. The molecule has 0 saturated carbocycles. The number of carbonyl (C=O) groups is 1. The Labute approximate surface area is 273 Å². The van der Waals surface area contributed by atoms with Crippen molar-refractivity contribution in [1.82, 2.24) is 4.57 Å². The number of hydrogen-bond donors (Lipinski definition) is 0. The Morgan fingerprint density at radius 3 is 2.45 bits per heavy atom. The van der Waals surface area contributed by atoms with E-state index in [0.29, 0.717) is 44.3 Å². The van der Waals surface area contributed by atoms with Crippen molar-refractivity contribution in [1.29, 1.82) is 0 Å². The SMILES string of the molecule is CCOC(=O)C1=C(C)N=c2s/c(=C\c3c(OCc4ccc([N+](=O)[O-])cc4)ccc4ccccc34)c(=O)n2[C@@H]1c1ccccc1OCC. The molecule has 238 valence electrons. The Morgan fingerprint density at radius 1 is 0.957 bits per heavy atom. The zero-order valence-corrected chi connectivity index (χ0v) is 26.8. The molecule has 1 aromatic heterocycles. The van der Waals surface area contributed by atoms with Gasteiger partial charge in [-0.25, -0.2) is 9.79 Å². The van der Waals surface area contributed by atoms with Gasteiger partial charge in [-0.1, -0.05) is 59.9 Å². The third-order valence-electron chi connectivity index (χ3n) is 7.78. The minimum atomic E-state index is -0.819. The third kappa shape index (κ3) is 6.17. The quantitative estimate of drug-likeness (QED) is 0.106. The number of para-hydroxylation sites is 1. The van der Waals surface area contributed by atoms with E-state index >= 15 is 0 Å². The van der Waals surface area contributed by atoms with E-state index in [1.807, 2.05) is 67.6 Å². The van der Waals surface area contributed by atoms with Gasteiger partial charge in [0.25, 0.3) is 11.2 Å². The molecule has 4 aromatic carbocycles. The topological polar surface area (TPSA) is 122 Å². The third-order valence-corrected chi connectivity index (χ3v) is 8.76. The molecule has 0 saturated heterocycles. The first-order chi connectivity index (χ1) is 22.8. The highest BCUT2D eigenvalue weighted by Crippen LogP contribution is 2.36. The molecule has 0 radical (unpaired) electrons. The van der Waals surface area contributed by atoms with Crippen LogP contribution in [0.25, 0.3) is 16.8 Å². The Hall–Kier alpha value is -5.55. The van der Waals surface area contributed by atoms with Crippen LogP contribution in [0.15, 0.2) is 106 Å². The van der Waals surface area contributed by atoms with Crippen molar-refractivity contribution in [2.75, 3.05) is 13.2 Å². The zero-order valence-electron chi connectivity index (χ0n) is 26.0. The maximum absolute atomic E-state index is 14.4. The van der Waals surface area contributed by atoms with Gasteiger partial charge in [0.1, 0.15) is 24.1 Å². The fraction of sp³-hybridized carbons (Fsp3) is 0.194. The van der Waals surface area contributed by atoms with Gasteiger partial charge in [0.05, 0.1) is 33.9 Å². The summed E-state index contributed by atoms with van der Waals surface area (Å²) in [5.41, 5.74) is 2.51. The second-order valence-electron chi connectivity index (χ2n) is 10.7. The molecule has 0 fully saturated rings. The van der Waals surface area contributed by atoms with E-state index in [-0.39, 0.29) is 30.0 Å². The number of allylic oxidation sites excluding steroid dienone is 1. The van der Waals surface area contributed by atoms with Gasteiger partial charge >= 0.3 is 5.97 Å². The van der Waals surface area contributed by atoms with Crippen LogP contribution >= 0.6 is 11.3 Å². The van der Waals surface area contributed by atoms with Crippen LogP contribution < -0.4 is 24.4 Å². The van der Waals surface area contributed by atoms with Gasteiger partial charge in [0.15, 0.2) is 4.80 Å². The summed E-state index contributed by atoms with van der Waals surface area (Å²) in [6.45, 7) is 6.09. The fourth-order valence-corrected chi connectivity index (χ4v) is 6.66. The highest BCUT2D eigenvalue weighted by Gasteiger charge is 2.35. The lowest BCUT2D eigenvalue weighted by molar-refractivity contribution is -0.384. The van der Waals surface area contributed by atoms with Gasteiger partial charge in [-0.3, -0.25) is 19.5 Å². The number of aromatic nitrogens is 1. The second kappa shape index (κ2) is 13.4. The smallest absolute Gasteiger partial charge is 0.338 e. The van der Waals surface area contributed by atoms with Gasteiger partial charge in [-0.2, -0.15) is 0 Å². The minimum absolute atomic E-state index is 0.000876. The number of nitro groups is 1. The van der Waals surface area contributed by atoms with Crippen LogP contribution in [-0.2, 0) is 16.1 Å². The summed E-state index contributed by atoms with van der Waals surface area (Å²) < 4.78 is 19.6. The first-order valence-corrected chi connectivity index (χ1v) is 15.9. The largest absolute Gasteiger partial charge is 0.494 e. The number of non-ortho nitro benzene ring substituents is 1. The number of nitro benzene ring substituents is 1. The van der Waals surface area contributed by atoms with Crippen molar-refractivity contribution in [2.45, 2.75) is 33.4 Å². The van der Waals surface area contributed by atoms with Gasteiger partial charge in [0.2, 0.25) is 0 Å². The van der Waals surface area contributed by atoms with Crippen molar-refractivity contribution in [2.24, 2.45) is 4.99 Å². The molecule has 0 unspecified atom stereocenters. The molecule has 0 spiro atoms. The van der Waals surface area contributed by atoms with Crippen molar-refractivity contribution in [3.05, 3.63) is 143 Å². The van der Waals surface area contributed by atoms with Crippen LogP contribution in [0, 0.1) is 10.1 Å². The average Bonchev–Trinajstić information content (AvgIpc) is 3.38. The summed E-state index contributed by atoms with van der Waals surface area (Å²) in [6.07, 6.45) is 1.80. The van der Waals surface area contributed by atoms with E-state index in [1.54, 1.807) is 32.1 Å². The molecule has 1 aliphatic rings. The number of hydrogen-bond acceptors (Lipinski definition) is 9. The van der Waals surface area contributed by atoms with E-state index in [0.717, 1.165) is 16.3 Å². The number of nitrogens with zero attached hydrogens (tertiary/aromatic N) is 3. The number of ether oxygens (including phenoxy) is 3. The second-order valence-corrected chi connectivity index (χ2v) is 11.7. The van der Waals surface area contributed by atoms with Crippen LogP contribution in [0.3, 0.4) is 0 Å². The molecule has 11 heteroatoms. The van der Waals surface area contributed by atoms with E-state index < -0.39 is 16.9 Å². The monoisotopic (exact) mass is 649 g/mol. The fourth-order valence-electron chi connectivity index (χ4n) is 5.64. The predicted octanol–water partition coefficient (Wildman–Crippen LogP) is 5.84. The number of carbonyl (C=O) groups excluding carboxylic acids is 1. The standard InChI is InChI=1S/C36H31N3O7S/c1-4-44-29-13-9-8-12-27(29)33-32(35(41)45-5-2)22(3)37-36-38(33)34(40)31(47-36)20-28-26-11-7-6-10-24(26)16-19-30(28)46-21-23-14-17-25(18-15-23)39(42)43/h6-20,33H,4-5,21H2,1-3H3/b31-20-/t33-/m1/s1. The van der Waals surface area contributed by atoms with Gasteiger partial charge in [-0.05, 0) is 67.4 Å². The van der Waals surface area contributed by atoms with Crippen LogP contribution in [-0.4, -0.2) is 28.7 Å². The summed E-state index contributed by atoms with van der Waals surface area (Å²) in [5, 5.41) is 12.9. The maximum Gasteiger partial charge on any atom is 0.338 e. The Kier molecular flexibility index (Phi) is 8.99. The highest BCUT2D eigenvalue weighted by molar-refractivity contribution is 7.07. The maximum atomic E-state index is 14.4. The first kappa shape index (κ1) is 31.4. The number of esters is 1. The first-order valence-electron chi connectivity index (χ1n) is 15.1. The Balaban J connectivity index is 1.51. The number of thiazole rings is 1. The lowest BCUT2D eigenvalue weighted by atomic mass is 9.95. The molecule has 2 heterocycles. The molecule has 0 bridgehead atoms. The molecule has 6 rings (SSSR count). The molecule has 0 aliphatic carbocycles. The molecule has 47 heavy (non-hydrogen) atoms. The van der Waals surface area contributed by atoms with Gasteiger partial charge in [-0.15, -0.1) is 0 Å². The number of fused-ring (bicyclic) bond motifs is 2. The molecule has 1 aliphatic heterocycles. The summed E-state index contributed by atoms with van der Waals surface area (Å²) >= 11 is 1.22. The van der Waals surface area contributed by atoms with Crippen LogP contribution in [0.1, 0.15) is 43.5 Å². The van der Waals surface area contributed by atoms with Crippen molar-refractivity contribution in [3.63, 3.8) is 0 Å². The van der Waals surface area contributed by atoms with Crippen molar-refractivity contribution < 1.29 is 23.9 Å². The van der Waals surface area contributed by atoms with Crippen molar-refractivity contribution >= 4 is 39.8 Å². The van der Waals surface area contributed by atoms with Crippen LogP contribution in [0.5, 0.6) is 11.5 Å². The summed E-state index contributed by atoms with van der Waals surface area (Å²) in [5.74, 6) is 0.548. The van der Waals surface area contributed by atoms with Gasteiger partial charge < -0.3 is 14.2 Å². The van der Waals surface area contributed by atoms with Crippen LogP contribution in [0.2, 0.25) is 0 Å². The lowest BCUT2D eigenvalue weighted by Gasteiger charge is -2.26. The predicted molar refractivity (Wildman–Crippen MR) is 179 cm³/mol. The number of rotatable bonds is 10. The molecule has 5 aromatic rings. The summed E-state index contributed by atoms with van der Waals surface area (Å²) in [7, 11) is 0. The summed E-state index contributed by atoms with van der Waals surface area (Å²) in [4.78, 5) is 43.5. The van der Waals surface area contributed by atoms with Gasteiger partial charge in [0, 0.05) is 23.3 Å². The molecule has 1 atom stereocenters. The lowest BCUT2D eigenvalue weighted by Crippen LogP contribution is -2.40. The van der Waals surface area contributed by atoms with E-state index in [2.05, 4.69) is 0 Å². The van der Waals surface area contributed by atoms with Crippen LogP contribution in [0.4, 0.5) is 5.69 Å². The average molecular weight is 650 g/mol.